The maximum Gasteiger partial charge on any atom is 0.0306 e. The SMILES string of the molecule is CNC(C)(C)C(C)(C)NC(C)(C)C. The van der Waals surface area contributed by atoms with Crippen LogP contribution in [-0.2, 0) is 0 Å². The minimum Gasteiger partial charge on any atom is -0.313 e. The van der Waals surface area contributed by atoms with Crippen molar-refractivity contribution in [1.82, 2.24) is 10.6 Å². The molecule has 2 heteroatoms. The van der Waals surface area contributed by atoms with Crippen LogP contribution in [-0.4, -0.2) is 23.7 Å². The molecule has 0 saturated heterocycles. The van der Waals surface area contributed by atoms with Gasteiger partial charge in [0.1, 0.15) is 0 Å². The summed E-state index contributed by atoms with van der Waals surface area (Å²) in [5.74, 6) is 0. The lowest BCUT2D eigenvalue weighted by atomic mass is 9.81. The molecule has 0 radical (unpaired) electrons. The maximum absolute atomic E-state index is 3.62. The Morgan fingerprint density at radius 1 is 0.692 bits per heavy atom. The highest BCUT2D eigenvalue weighted by molar-refractivity contribution is 5.01. The van der Waals surface area contributed by atoms with Gasteiger partial charge in [0, 0.05) is 16.6 Å². The Labute approximate surface area is 83.5 Å². The zero-order valence-corrected chi connectivity index (χ0v) is 10.5. The van der Waals surface area contributed by atoms with E-state index in [1.165, 1.54) is 0 Å². The first-order valence-corrected chi connectivity index (χ1v) is 5.00. The normalized spacial score (nSPS) is 14.8. The van der Waals surface area contributed by atoms with Gasteiger partial charge in [-0.15, -0.1) is 0 Å². The lowest BCUT2D eigenvalue weighted by Gasteiger charge is -2.46. The summed E-state index contributed by atoms with van der Waals surface area (Å²) >= 11 is 0. The molecular weight excluding hydrogens is 160 g/mol. The predicted octanol–water partition coefficient (Wildman–Crippen LogP) is 2.15. The van der Waals surface area contributed by atoms with Crippen LogP contribution in [0, 0.1) is 0 Å². The van der Waals surface area contributed by atoms with E-state index in [0.29, 0.717) is 0 Å². The Morgan fingerprint density at radius 2 is 1.08 bits per heavy atom. The molecule has 0 heterocycles. The van der Waals surface area contributed by atoms with Crippen LogP contribution in [0.2, 0.25) is 0 Å². The zero-order valence-electron chi connectivity index (χ0n) is 10.5. The molecule has 2 N–H and O–H groups in total. The summed E-state index contributed by atoms with van der Waals surface area (Å²) in [6.45, 7) is 15.5. The van der Waals surface area contributed by atoms with Crippen molar-refractivity contribution in [2.24, 2.45) is 0 Å². The highest BCUT2D eigenvalue weighted by Gasteiger charge is 2.37. The van der Waals surface area contributed by atoms with Gasteiger partial charge in [-0.2, -0.15) is 0 Å². The van der Waals surface area contributed by atoms with Gasteiger partial charge in [-0.25, -0.2) is 0 Å². The van der Waals surface area contributed by atoms with Crippen LogP contribution in [0.15, 0.2) is 0 Å². The molecule has 0 amide bonds. The molecule has 0 unspecified atom stereocenters. The van der Waals surface area contributed by atoms with E-state index in [4.69, 9.17) is 0 Å². The quantitative estimate of drug-likeness (QED) is 0.706. The fourth-order valence-corrected chi connectivity index (χ4v) is 1.41. The van der Waals surface area contributed by atoms with Crippen molar-refractivity contribution in [1.29, 1.82) is 0 Å². The number of likely N-dealkylation sites (N-methyl/N-ethyl adjacent to an activating group) is 1. The predicted molar refractivity (Wildman–Crippen MR) is 60.1 cm³/mol. The van der Waals surface area contributed by atoms with Crippen molar-refractivity contribution in [3.05, 3.63) is 0 Å². The molecule has 80 valence electrons. The Hall–Kier alpha value is -0.0800. The first-order valence-electron chi connectivity index (χ1n) is 5.00. The first kappa shape index (κ1) is 12.9. The van der Waals surface area contributed by atoms with Gasteiger partial charge in [0.2, 0.25) is 0 Å². The first-order chi connectivity index (χ1) is 5.52. The fraction of sp³-hybridized carbons (Fsp3) is 1.00. The van der Waals surface area contributed by atoms with Crippen LogP contribution < -0.4 is 10.6 Å². The van der Waals surface area contributed by atoms with E-state index in [9.17, 15) is 0 Å². The molecule has 0 aromatic carbocycles. The van der Waals surface area contributed by atoms with E-state index in [2.05, 4.69) is 59.1 Å². The topological polar surface area (TPSA) is 24.1 Å². The average Bonchev–Trinajstić information content (AvgIpc) is 1.81. The fourth-order valence-electron chi connectivity index (χ4n) is 1.41. The standard InChI is InChI=1S/C11H26N2/c1-9(2,3)13-11(6,7)10(4,5)12-8/h12-13H,1-8H3. The van der Waals surface area contributed by atoms with Gasteiger partial charge in [0.25, 0.3) is 0 Å². The third kappa shape index (κ3) is 3.65. The van der Waals surface area contributed by atoms with E-state index < -0.39 is 0 Å². The van der Waals surface area contributed by atoms with E-state index >= 15 is 0 Å². The second kappa shape index (κ2) is 3.58. The minimum atomic E-state index is 0.0694. The van der Waals surface area contributed by atoms with Crippen molar-refractivity contribution >= 4 is 0 Å². The van der Waals surface area contributed by atoms with Crippen molar-refractivity contribution in [3.63, 3.8) is 0 Å². The van der Waals surface area contributed by atoms with Crippen LogP contribution >= 0.6 is 0 Å². The second-order valence-electron chi connectivity index (χ2n) is 5.88. The summed E-state index contributed by atoms with van der Waals surface area (Å²) in [5, 5.41) is 6.97. The van der Waals surface area contributed by atoms with Crippen LogP contribution in [0.25, 0.3) is 0 Å². The van der Waals surface area contributed by atoms with Crippen molar-refractivity contribution in [2.45, 2.75) is 65.1 Å². The lowest BCUT2D eigenvalue weighted by molar-refractivity contribution is 0.162. The molecule has 0 aromatic heterocycles. The van der Waals surface area contributed by atoms with Gasteiger partial charge in [0.05, 0.1) is 0 Å². The molecule has 13 heavy (non-hydrogen) atoms. The molecule has 0 spiro atoms. The molecule has 0 aliphatic carbocycles. The summed E-state index contributed by atoms with van der Waals surface area (Å²) in [4.78, 5) is 0. The lowest BCUT2D eigenvalue weighted by Crippen LogP contribution is -2.66. The van der Waals surface area contributed by atoms with E-state index in [1.54, 1.807) is 0 Å². The molecule has 2 nitrogen and oxygen atoms in total. The van der Waals surface area contributed by atoms with Crippen LogP contribution in [0.5, 0.6) is 0 Å². The Morgan fingerprint density at radius 3 is 1.31 bits per heavy atom. The molecule has 0 fully saturated rings. The number of hydrogen-bond acceptors (Lipinski definition) is 2. The molecule has 0 atom stereocenters. The number of nitrogens with one attached hydrogen (secondary N) is 2. The van der Waals surface area contributed by atoms with Crippen molar-refractivity contribution in [3.8, 4) is 0 Å². The van der Waals surface area contributed by atoms with Gasteiger partial charge >= 0.3 is 0 Å². The molecule has 0 bridgehead atoms. The van der Waals surface area contributed by atoms with Gasteiger partial charge in [-0.3, -0.25) is 0 Å². The largest absolute Gasteiger partial charge is 0.313 e. The highest BCUT2D eigenvalue weighted by Crippen LogP contribution is 2.23. The van der Waals surface area contributed by atoms with Crippen molar-refractivity contribution < 1.29 is 0 Å². The molecule has 0 rings (SSSR count). The Balaban J connectivity index is 4.58. The van der Waals surface area contributed by atoms with E-state index in [-0.39, 0.29) is 16.6 Å². The molecular formula is C11H26N2. The summed E-state index contributed by atoms with van der Waals surface area (Å²) in [6, 6.07) is 0. The van der Waals surface area contributed by atoms with Crippen molar-refractivity contribution in [2.75, 3.05) is 7.05 Å². The monoisotopic (exact) mass is 186 g/mol. The summed E-state index contributed by atoms with van der Waals surface area (Å²) in [5.41, 5.74) is 0.303. The maximum atomic E-state index is 3.62. The second-order valence-corrected chi connectivity index (χ2v) is 5.88. The van der Waals surface area contributed by atoms with Gasteiger partial charge in [-0.05, 0) is 55.5 Å². The zero-order chi connectivity index (χ0) is 10.9. The van der Waals surface area contributed by atoms with Gasteiger partial charge in [-0.1, -0.05) is 0 Å². The molecule has 0 aliphatic heterocycles. The smallest absolute Gasteiger partial charge is 0.0306 e. The molecule has 0 aliphatic rings. The summed E-state index contributed by atoms with van der Waals surface area (Å²) in [7, 11) is 2.01. The van der Waals surface area contributed by atoms with Crippen LogP contribution in [0.1, 0.15) is 48.5 Å². The summed E-state index contributed by atoms with van der Waals surface area (Å²) < 4.78 is 0. The number of rotatable bonds is 3. The van der Waals surface area contributed by atoms with Gasteiger partial charge < -0.3 is 10.6 Å². The third-order valence-corrected chi connectivity index (χ3v) is 2.88. The number of hydrogen-bond donors (Lipinski definition) is 2. The molecule has 0 saturated carbocycles. The Kier molecular flexibility index (Phi) is 3.56. The third-order valence-electron chi connectivity index (χ3n) is 2.88. The summed E-state index contributed by atoms with van der Waals surface area (Å²) in [6.07, 6.45) is 0. The van der Waals surface area contributed by atoms with E-state index in [1.807, 2.05) is 7.05 Å². The van der Waals surface area contributed by atoms with Crippen LogP contribution in [0.3, 0.4) is 0 Å². The highest BCUT2D eigenvalue weighted by atomic mass is 15.1. The van der Waals surface area contributed by atoms with Crippen LogP contribution in [0.4, 0.5) is 0 Å². The molecule has 0 aromatic rings. The van der Waals surface area contributed by atoms with Gasteiger partial charge in [0.15, 0.2) is 0 Å². The van der Waals surface area contributed by atoms with E-state index in [0.717, 1.165) is 0 Å². The minimum absolute atomic E-state index is 0.0694. The Bertz CT molecular complexity index is 163. The average molecular weight is 186 g/mol.